The molecule has 1 aliphatic rings. The molecule has 0 spiro atoms. The Bertz CT molecular complexity index is 1940. The first-order valence-corrected chi connectivity index (χ1v) is 21.2. The highest BCUT2D eigenvalue weighted by atomic mass is 32.2. The molecule has 0 saturated carbocycles. The summed E-state index contributed by atoms with van der Waals surface area (Å²) in [6.07, 6.45) is -1.14. The summed E-state index contributed by atoms with van der Waals surface area (Å²) in [7, 11) is 0. The number of nitrogens with one attached hydrogen (secondary N) is 5. The summed E-state index contributed by atoms with van der Waals surface area (Å²) in [5.41, 5.74) is 24.7. The van der Waals surface area contributed by atoms with Crippen LogP contribution < -0.4 is 49.5 Å². The van der Waals surface area contributed by atoms with E-state index in [1.165, 1.54) is 12.1 Å². The average molecular weight is 885 g/mol. The van der Waals surface area contributed by atoms with E-state index in [-0.39, 0.29) is 37.3 Å². The van der Waals surface area contributed by atoms with Crippen LogP contribution in [0, 0.1) is 18.7 Å². The van der Waals surface area contributed by atoms with E-state index in [2.05, 4.69) is 26.6 Å². The maximum atomic E-state index is 14.2. The van der Waals surface area contributed by atoms with Gasteiger partial charge >= 0.3 is 0 Å². The van der Waals surface area contributed by atoms with E-state index in [4.69, 9.17) is 22.9 Å². The molecule has 62 heavy (non-hydrogen) atoms. The van der Waals surface area contributed by atoms with Crippen LogP contribution in [-0.2, 0) is 56.1 Å². The molecule has 1 heterocycles. The zero-order valence-electron chi connectivity index (χ0n) is 34.9. The smallest absolute Gasteiger partial charge is 0.246 e. The number of thioether (sulfide) groups is 1. The highest BCUT2D eigenvalue weighted by molar-refractivity contribution is 7.99. The first kappa shape index (κ1) is 50.3. The second-order valence-corrected chi connectivity index (χ2v) is 16.4. The summed E-state index contributed by atoms with van der Waals surface area (Å²) in [5, 5.41) is 12.9. The molecular weight excluding hydrogens is 828 g/mol. The van der Waals surface area contributed by atoms with Crippen molar-refractivity contribution in [2.24, 2.45) is 28.9 Å². The number of nitrogens with two attached hydrogens (primary N) is 4. The maximum Gasteiger partial charge on any atom is 0.246 e. The molecule has 9 amide bonds. The van der Waals surface area contributed by atoms with Gasteiger partial charge in [-0.2, -0.15) is 11.8 Å². The number of carbonyl (C=O) groups is 9. The minimum Gasteiger partial charge on any atom is -0.370 e. The molecule has 0 radical (unpaired) electrons. The Kier molecular flexibility index (Phi) is 19.8. The van der Waals surface area contributed by atoms with Crippen molar-refractivity contribution in [2.75, 3.05) is 18.1 Å². The molecule has 338 valence electrons. The van der Waals surface area contributed by atoms with Gasteiger partial charge in [0.25, 0.3) is 0 Å². The lowest BCUT2D eigenvalue weighted by atomic mass is 9.96. The Hall–Kier alpha value is -6.09. The third-order valence-corrected chi connectivity index (χ3v) is 11.2. The van der Waals surface area contributed by atoms with Crippen LogP contribution >= 0.6 is 11.8 Å². The second-order valence-electron chi connectivity index (χ2n) is 15.2. The van der Waals surface area contributed by atoms with Crippen LogP contribution in [-0.4, -0.2) is 112 Å². The predicted octanol–water partition coefficient (Wildman–Crippen LogP) is -1.73. The number of benzene rings is 2. The molecule has 7 atom stereocenters. The summed E-state index contributed by atoms with van der Waals surface area (Å²) in [6, 6.07) is 3.91. The lowest BCUT2D eigenvalue weighted by Crippen LogP contribution is -2.61. The summed E-state index contributed by atoms with van der Waals surface area (Å²) in [6.45, 7) is 4.48. The van der Waals surface area contributed by atoms with Gasteiger partial charge in [-0.1, -0.05) is 62.2 Å². The van der Waals surface area contributed by atoms with Gasteiger partial charge in [0, 0.05) is 25.1 Å². The Morgan fingerprint density at radius 2 is 1.34 bits per heavy atom. The SMILES string of the molecule is CC[C@H](C)[C@@H]1NC(=O)[C@H](Cc2ccc(C)cc2)NC(=O)[C@@H](N)CCSC[C@@H](C(=O)N(CC(N)=O)Cc2ccc(F)cc2)NC(=O)[C@H](CC(N)=O)NC(=O)[C@H](CCC(N)=O)NC1=O. The van der Waals surface area contributed by atoms with Crippen molar-refractivity contribution >= 4 is 64.9 Å². The van der Waals surface area contributed by atoms with E-state index >= 15 is 0 Å². The van der Waals surface area contributed by atoms with Crippen molar-refractivity contribution < 1.29 is 47.5 Å². The van der Waals surface area contributed by atoms with Gasteiger partial charge in [0.05, 0.1) is 19.0 Å². The van der Waals surface area contributed by atoms with Crippen LogP contribution in [0.1, 0.15) is 62.6 Å². The molecule has 13 N–H and O–H groups in total. The quantitative estimate of drug-likeness (QED) is 0.103. The van der Waals surface area contributed by atoms with Gasteiger partial charge in [-0.15, -0.1) is 0 Å². The topological polar surface area (TPSA) is 321 Å². The van der Waals surface area contributed by atoms with Gasteiger partial charge in [0.2, 0.25) is 53.2 Å². The number of halogens is 1. The molecule has 2 aromatic rings. The standard InChI is InChI=1S/C41H57FN10O9S/c1-4-23(3)35-40(60)47-28(13-14-32(44)53)37(57)49-30(18-33(45)54)38(58)50-31(41(61)52(20-34(46)55)19-25-9-11-26(42)12-10-25)21-62-16-15-27(43)36(56)48-29(39(59)51-35)17-24-7-5-22(2)6-8-24/h5-12,23,27-31,35H,4,13-21,43H2,1-3H3,(H2,44,53)(H2,45,54)(H2,46,55)(H,47,60)(H,48,56)(H,49,57)(H,50,58)(H,51,59)/t23-,27-,28-,29-,30-,31-,35-/m0/s1. The van der Waals surface area contributed by atoms with E-state index in [0.29, 0.717) is 17.5 Å². The van der Waals surface area contributed by atoms with Crippen LogP contribution in [0.5, 0.6) is 0 Å². The Morgan fingerprint density at radius 3 is 1.94 bits per heavy atom. The zero-order valence-corrected chi connectivity index (χ0v) is 35.8. The highest BCUT2D eigenvalue weighted by Crippen LogP contribution is 2.16. The van der Waals surface area contributed by atoms with Crippen molar-refractivity contribution in [1.29, 1.82) is 0 Å². The minimum atomic E-state index is -1.73. The van der Waals surface area contributed by atoms with Crippen molar-refractivity contribution in [2.45, 2.75) is 102 Å². The first-order chi connectivity index (χ1) is 29.3. The maximum absolute atomic E-state index is 14.2. The molecule has 1 aliphatic heterocycles. The second kappa shape index (κ2) is 24.4. The Labute approximate surface area is 363 Å². The average Bonchev–Trinajstić information content (AvgIpc) is 3.21. The number of carbonyl (C=O) groups excluding carboxylic acids is 9. The molecular formula is C41H57FN10O9S. The fourth-order valence-corrected chi connectivity index (χ4v) is 7.37. The van der Waals surface area contributed by atoms with Crippen LogP contribution in [0.25, 0.3) is 0 Å². The third-order valence-electron chi connectivity index (χ3n) is 10.1. The normalized spacial score (nSPS) is 22.7. The molecule has 1 saturated heterocycles. The van der Waals surface area contributed by atoms with Gasteiger partial charge in [0.15, 0.2) is 0 Å². The van der Waals surface area contributed by atoms with Gasteiger partial charge < -0.3 is 54.4 Å². The fourth-order valence-electron chi connectivity index (χ4n) is 6.32. The number of primary amides is 3. The first-order valence-electron chi connectivity index (χ1n) is 20.1. The van der Waals surface area contributed by atoms with Crippen LogP contribution in [0.2, 0.25) is 0 Å². The van der Waals surface area contributed by atoms with Crippen LogP contribution in [0.3, 0.4) is 0 Å². The van der Waals surface area contributed by atoms with E-state index in [1.807, 2.05) is 19.1 Å². The van der Waals surface area contributed by atoms with E-state index in [0.717, 1.165) is 34.4 Å². The molecule has 0 bridgehead atoms. The number of hydrogen-bond acceptors (Lipinski definition) is 11. The molecule has 21 heteroatoms. The van der Waals surface area contributed by atoms with Crippen LogP contribution in [0.4, 0.5) is 4.39 Å². The zero-order chi connectivity index (χ0) is 46.1. The minimum absolute atomic E-state index is 0.0161. The van der Waals surface area contributed by atoms with Crippen molar-refractivity contribution in [3.63, 3.8) is 0 Å². The third kappa shape index (κ3) is 16.4. The molecule has 1 fully saturated rings. The van der Waals surface area contributed by atoms with Gasteiger partial charge in [-0.3, -0.25) is 43.2 Å². The number of nitrogens with zero attached hydrogens (tertiary/aromatic N) is 1. The summed E-state index contributed by atoms with van der Waals surface area (Å²) in [5.74, 6) is -9.10. The van der Waals surface area contributed by atoms with Crippen LogP contribution in [0.15, 0.2) is 48.5 Å². The summed E-state index contributed by atoms with van der Waals surface area (Å²) < 4.78 is 13.7. The summed E-state index contributed by atoms with van der Waals surface area (Å²) in [4.78, 5) is 121. The molecule has 19 nitrogen and oxygen atoms in total. The number of aryl methyl sites for hydroxylation is 1. The molecule has 3 rings (SSSR count). The number of rotatable bonds is 14. The Balaban J connectivity index is 2.09. The van der Waals surface area contributed by atoms with E-state index < -0.39 is 121 Å². The molecule has 0 aliphatic carbocycles. The lowest BCUT2D eigenvalue weighted by Gasteiger charge is -2.30. The van der Waals surface area contributed by atoms with Gasteiger partial charge in [-0.25, -0.2) is 4.39 Å². The van der Waals surface area contributed by atoms with E-state index in [1.54, 1.807) is 26.0 Å². The van der Waals surface area contributed by atoms with Crippen molar-refractivity contribution in [1.82, 2.24) is 31.5 Å². The predicted molar refractivity (Wildman–Crippen MR) is 227 cm³/mol. The van der Waals surface area contributed by atoms with Crippen molar-refractivity contribution in [3.8, 4) is 0 Å². The fraction of sp³-hybridized carbons (Fsp3) is 0.488. The van der Waals surface area contributed by atoms with Gasteiger partial charge in [-0.05, 0) is 54.7 Å². The van der Waals surface area contributed by atoms with Crippen molar-refractivity contribution in [3.05, 3.63) is 71.0 Å². The number of amides is 9. The van der Waals surface area contributed by atoms with Gasteiger partial charge in [0.1, 0.15) is 36.0 Å². The molecule has 0 unspecified atom stereocenters. The summed E-state index contributed by atoms with van der Waals surface area (Å²) >= 11 is 1.09. The molecule has 2 aromatic carbocycles. The van der Waals surface area contributed by atoms with E-state index in [9.17, 15) is 47.5 Å². The number of hydrogen-bond donors (Lipinski definition) is 9. The highest BCUT2D eigenvalue weighted by Gasteiger charge is 2.36. The Morgan fingerprint density at radius 1 is 0.758 bits per heavy atom. The lowest BCUT2D eigenvalue weighted by molar-refractivity contribution is -0.140. The molecule has 0 aromatic heterocycles. The largest absolute Gasteiger partial charge is 0.370 e. The monoisotopic (exact) mass is 884 g/mol.